The number of nitrogens with zero attached hydrogens (tertiary/aromatic N) is 3. The van der Waals surface area contributed by atoms with E-state index < -0.39 is 0 Å². The second kappa shape index (κ2) is 5.84. The number of nitrogens with two attached hydrogens (primary N) is 1. The van der Waals surface area contributed by atoms with Crippen LogP contribution in [-0.4, -0.2) is 21.3 Å². The number of hydrogen-bond acceptors (Lipinski definition) is 3. The molecule has 0 bridgehead atoms. The zero-order chi connectivity index (χ0) is 15.7. The maximum absolute atomic E-state index is 6.05. The molecule has 1 aliphatic carbocycles. The Morgan fingerprint density at radius 2 is 2.00 bits per heavy atom. The molecule has 2 heterocycles. The molecule has 0 aliphatic heterocycles. The van der Waals surface area contributed by atoms with Gasteiger partial charge in [-0.15, -0.1) is 0 Å². The average molecular weight is 298 g/mol. The van der Waals surface area contributed by atoms with Gasteiger partial charge in [0.1, 0.15) is 0 Å². The van der Waals surface area contributed by atoms with Crippen LogP contribution in [0.2, 0.25) is 0 Å². The Morgan fingerprint density at radius 3 is 2.64 bits per heavy atom. The lowest BCUT2D eigenvalue weighted by Crippen LogP contribution is -2.23. The second-order valence-corrected chi connectivity index (χ2v) is 7.30. The predicted octanol–water partition coefficient (Wildman–Crippen LogP) is 3.00. The van der Waals surface area contributed by atoms with Crippen molar-refractivity contribution in [3.05, 3.63) is 47.0 Å². The minimum absolute atomic E-state index is 0.0539. The molecule has 2 N–H and O–H groups in total. The van der Waals surface area contributed by atoms with Crippen LogP contribution in [0.3, 0.4) is 0 Å². The predicted molar refractivity (Wildman–Crippen MR) is 89.0 cm³/mol. The fraction of sp³-hybridized carbons (Fsp3) is 0.556. The highest BCUT2D eigenvalue weighted by Crippen LogP contribution is 2.38. The molecule has 0 saturated heterocycles. The molecule has 1 unspecified atom stereocenters. The van der Waals surface area contributed by atoms with Crippen LogP contribution >= 0.6 is 0 Å². The Balaban J connectivity index is 2.06. The van der Waals surface area contributed by atoms with Gasteiger partial charge in [-0.2, -0.15) is 5.10 Å². The van der Waals surface area contributed by atoms with Crippen LogP contribution in [0, 0.1) is 0 Å². The number of fused-ring (bicyclic) bond motifs is 1. The van der Waals surface area contributed by atoms with Gasteiger partial charge in [-0.05, 0) is 49.4 Å². The summed E-state index contributed by atoms with van der Waals surface area (Å²) < 4.78 is 2.20. The molecule has 2 aromatic heterocycles. The summed E-state index contributed by atoms with van der Waals surface area (Å²) in [6.07, 6.45) is 7.20. The third-order valence-corrected chi connectivity index (χ3v) is 4.55. The molecule has 22 heavy (non-hydrogen) atoms. The van der Waals surface area contributed by atoms with E-state index in [1.54, 1.807) is 0 Å². The van der Waals surface area contributed by atoms with E-state index in [2.05, 4.69) is 42.6 Å². The Labute approximate surface area is 132 Å². The van der Waals surface area contributed by atoms with Crippen LogP contribution in [0.4, 0.5) is 0 Å². The van der Waals surface area contributed by atoms with Crippen molar-refractivity contribution in [1.82, 2.24) is 14.8 Å². The minimum Gasteiger partial charge on any atom is -0.330 e. The van der Waals surface area contributed by atoms with Gasteiger partial charge in [0, 0.05) is 29.1 Å². The fourth-order valence-electron chi connectivity index (χ4n) is 3.45. The maximum Gasteiger partial charge on any atom is 0.0716 e. The Bertz CT molecular complexity index is 637. The van der Waals surface area contributed by atoms with Gasteiger partial charge < -0.3 is 5.73 Å². The molecule has 3 rings (SSSR count). The maximum atomic E-state index is 6.05. The monoisotopic (exact) mass is 298 g/mol. The van der Waals surface area contributed by atoms with Crippen molar-refractivity contribution in [1.29, 1.82) is 0 Å². The third-order valence-electron chi connectivity index (χ3n) is 4.55. The van der Waals surface area contributed by atoms with E-state index in [0.717, 1.165) is 19.5 Å². The molecule has 0 aromatic carbocycles. The van der Waals surface area contributed by atoms with E-state index in [1.165, 1.54) is 35.4 Å². The molecule has 4 nitrogen and oxygen atoms in total. The van der Waals surface area contributed by atoms with E-state index in [9.17, 15) is 0 Å². The van der Waals surface area contributed by atoms with Gasteiger partial charge in [0.05, 0.1) is 12.2 Å². The van der Waals surface area contributed by atoms with Gasteiger partial charge >= 0.3 is 0 Å². The van der Waals surface area contributed by atoms with E-state index in [4.69, 9.17) is 10.8 Å². The highest BCUT2D eigenvalue weighted by Gasteiger charge is 2.32. The first-order chi connectivity index (χ1) is 10.5. The quantitative estimate of drug-likeness (QED) is 0.947. The molecule has 1 aliphatic rings. The van der Waals surface area contributed by atoms with Crippen molar-refractivity contribution in [2.75, 3.05) is 6.54 Å². The van der Waals surface area contributed by atoms with Crippen LogP contribution in [0.5, 0.6) is 0 Å². The minimum atomic E-state index is 0.0539. The SMILES string of the molecule is CC(C)(C)c1nn(Cc2ccncc2)c2c1C(CN)CCC2. The van der Waals surface area contributed by atoms with Crippen molar-refractivity contribution in [2.24, 2.45) is 5.73 Å². The Kier molecular flexibility index (Phi) is 4.04. The molecule has 0 fully saturated rings. The van der Waals surface area contributed by atoms with Crippen LogP contribution in [-0.2, 0) is 18.4 Å². The summed E-state index contributed by atoms with van der Waals surface area (Å²) in [5.41, 5.74) is 11.4. The standard InChI is InChI=1S/C18H26N4/c1-18(2,3)17-16-14(11-19)5-4-6-15(16)22(21-17)12-13-7-9-20-10-8-13/h7-10,14H,4-6,11-12,19H2,1-3H3. The highest BCUT2D eigenvalue weighted by atomic mass is 15.3. The number of hydrogen-bond donors (Lipinski definition) is 1. The molecular formula is C18H26N4. The summed E-state index contributed by atoms with van der Waals surface area (Å²) in [6.45, 7) is 8.27. The number of aromatic nitrogens is 3. The summed E-state index contributed by atoms with van der Waals surface area (Å²) in [5, 5.41) is 5.00. The fourth-order valence-corrected chi connectivity index (χ4v) is 3.45. The van der Waals surface area contributed by atoms with Crippen molar-refractivity contribution in [3.8, 4) is 0 Å². The summed E-state index contributed by atoms with van der Waals surface area (Å²) in [6, 6.07) is 4.13. The normalized spacial score (nSPS) is 18.3. The molecule has 2 aromatic rings. The molecular weight excluding hydrogens is 272 g/mol. The molecule has 0 amide bonds. The van der Waals surface area contributed by atoms with Crippen LogP contribution in [0.15, 0.2) is 24.5 Å². The highest BCUT2D eigenvalue weighted by molar-refractivity contribution is 5.37. The van der Waals surface area contributed by atoms with Crippen LogP contribution in [0.25, 0.3) is 0 Å². The van der Waals surface area contributed by atoms with E-state index in [1.807, 2.05) is 12.4 Å². The Morgan fingerprint density at radius 1 is 1.27 bits per heavy atom. The van der Waals surface area contributed by atoms with Crippen LogP contribution < -0.4 is 5.73 Å². The Hall–Kier alpha value is -1.68. The van der Waals surface area contributed by atoms with Crippen LogP contribution in [0.1, 0.15) is 62.0 Å². The first-order valence-electron chi connectivity index (χ1n) is 8.19. The molecule has 1 atom stereocenters. The summed E-state index contributed by atoms with van der Waals surface area (Å²) in [4.78, 5) is 4.10. The van der Waals surface area contributed by atoms with Gasteiger partial charge in [-0.1, -0.05) is 20.8 Å². The van der Waals surface area contributed by atoms with Gasteiger partial charge in [-0.3, -0.25) is 9.67 Å². The summed E-state index contributed by atoms with van der Waals surface area (Å²) in [7, 11) is 0. The van der Waals surface area contributed by atoms with Gasteiger partial charge in [0.15, 0.2) is 0 Å². The topological polar surface area (TPSA) is 56.7 Å². The molecule has 0 radical (unpaired) electrons. The van der Waals surface area contributed by atoms with E-state index >= 15 is 0 Å². The van der Waals surface area contributed by atoms with Crippen molar-refractivity contribution < 1.29 is 0 Å². The first kappa shape index (κ1) is 15.2. The lowest BCUT2D eigenvalue weighted by atomic mass is 9.79. The number of rotatable bonds is 3. The van der Waals surface area contributed by atoms with E-state index in [0.29, 0.717) is 5.92 Å². The van der Waals surface area contributed by atoms with Crippen molar-refractivity contribution in [2.45, 2.75) is 57.9 Å². The van der Waals surface area contributed by atoms with Crippen molar-refractivity contribution in [3.63, 3.8) is 0 Å². The average Bonchev–Trinajstić information content (AvgIpc) is 2.87. The largest absolute Gasteiger partial charge is 0.330 e. The van der Waals surface area contributed by atoms with Crippen molar-refractivity contribution >= 4 is 0 Å². The molecule has 4 heteroatoms. The second-order valence-electron chi connectivity index (χ2n) is 7.30. The summed E-state index contributed by atoms with van der Waals surface area (Å²) >= 11 is 0. The first-order valence-corrected chi connectivity index (χ1v) is 8.19. The summed E-state index contributed by atoms with van der Waals surface area (Å²) in [5.74, 6) is 0.462. The smallest absolute Gasteiger partial charge is 0.0716 e. The molecule has 0 spiro atoms. The zero-order valence-electron chi connectivity index (χ0n) is 13.8. The lowest BCUT2D eigenvalue weighted by Gasteiger charge is -2.26. The van der Waals surface area contributed by atoms with Gasteiger partial charge in [-0.25, -0.2) is 0 Å². The molecule has 118 valence electrons. The zero-order valence-corrected chi connectivity index (χ0v) is 13.8. The number of pyridine rings is 1. The third kappa shape index (κ3) is 2.80. The van der Waals surface area contributed by atoms with Gasteiger partial charge in [0.2, 0.25) is 0 Å². The molecule has 0 saturated carbocycles. The lowest BCUT2D eigenvalue weighted by molar-refractivity contribution is 0.520. The van der Waals surface area contributed by atoms with Gasteiger partial charge in [0.25, 0.3) is 0 Å². The van der Waals surface area contributed by atoms with E-state index in [-0.39, 0.29) is 5.41 Å².